The van der Waals surface area contributed by atoms with E-state index in [0.29, 0.717) is 6.04 Å². The molecule has 3 nitrogen and oxygen atoms in total. The van der Waals surface area contributed by atoms with E-state index in [-0.39, 0.29) is 11.9 Å². The molecule has 0 aliphatic rings. The molecule has 0 fully saturated rings. The average Bonchev–Trinajstić information content (AvgIpc) is 2.29. The van der Waals surface area contributed by atoms with Gasteiger partial charge in [-0.2, -0.15) is 11.8 Å². The van der Waals surface area contributed by atoms with E-state index < -0.39 is 0 Å². The fourth-order valence-electron chi connectivity index (χ4n) is 1.53. The molecule has 0 aromatic carbocycles. The molecule has 102 valence electrons. The van der Waals surface area contributed by atoms with Crippen LogP contribution in [0.3, 0.4) is 0 Å². The second-order valence-electron chi connectivity index (χ2n) is 4.42. The first-order valence-electron chi connectivity index (χ1n) is 6.73. The summed E-state index contributed by atoms with van der Waals surface area (Å²) in [6.45, 7) is 9.17. The van der Waals surface area contributed by atoms with Gasteiger partial charge < -0.3 is 10.6 Å². The highest BCUT2D eigenvalue weighted by molar-refractivity contribution is 7.99. The van der Waals surface area contributed by atoms with Crippen LogP contribution in [0.1, 0.15) is 47.0 Å². The summed E-state index contributed by atoms with van der Waals surface area (Å²) in [4.78, 5) is 11.7. The number of hydrogen-bond acceptors (Lipinski definition) is 3. The Morgan fingerprint density at radius 1 is 1.29 bits per heavy atom. The van der Waals surface area contributed by atoms with Gasteiger partial charge in [0.15, 0.2) is 0 Å². The molecule has 0 bridgehead atoms. The molecule has 4 heteroatoms. The van der Waals surface area contributed by atoms with Crippen LogP contribution in [0.4, 0.5) is 0 Å². The predicted octanol–water partition coefficient (Wildman–Crippen LogP) is 2.41. The van der Waals surface area contributed by atoms with E-state index in [9.17, 15) is 4.79 Å². The number of thioether (sulfide) groups is 1. The summed E-state index contributed by atoms with van der Waals surface area (Å²) in [7, 11) is 0. The third kappa shape index (κ3) is 9.48. The van der Waals surface area contributed by atoms with Crippen LogP contribution in [0, 0.1) is 0 Å². The molecule has 0 aliphatic carbocycles. The highest BCUT2D eigenvalue weighted by Gasteiger charge is 2.14. The minimum Gasteiger partial charge on any atom is -0.355 e. The SMILES string of the molecule is CCCCNC(=O)C(C)NC(C)CCSCC. The highest BCUT2D eigenvalue weighted by atomic mass is 32.2. The van der Waals surface area contributed by atoms with Crippen LogP contribution in [0.5, 0.6) is 0 Å². The molecular weight excluding hydrogens is 232 g/mol. The minimum absolute atomic E-state index is 0.0894. The summed E-state index contributed by atoms with van der Waals surface area (Å²) >= 11 is 1.95. The van der Waals surface area contributed by atoms with Crippen molar-refractivity contribution < 1.29 is 4.79 Å². The number of carbonyl (C=O) groups excluding carboxylic acids is 1. The molecule has 2 N–H and O–H groups in total. The molecule has 0 heterocycles. The molecule has 0 spiro atoms. The number of nitrogens with one attached hydrogen (secondary N) is 2. The Hall–Kier alpha value is -0.220. The van der Waals surface area contributed by atoms with Crippen molar-refractivity contribution in [3.8, 4) is 0 Å². The van der Waals surface area contributed by atoms with E-state index in [1.807, 2.05) is 18.7 Å². The Balaban J connectivity index is 3.66. The Kier molecular flexibility index (Phi) is 10.8. The molecule has 17 heavy (non-hydrogen) atoms. The van der Waals surface area contributed by atoms with Crippen LogP contribution in [0.25, 0.3) is 0 Å². The van der Waals surface area contributed by atoms with Crippen LogP contribution in [0.2, 0.25) is 0 Å². The standard InChI is InChI=1S/C13H28N2OS/c1-5-7-9-14-13(16)12(4)15-11(3)8-10-17-6-2/h11-12,15H,5-10H2,1-4H3,(H,14,16). The lowest BCUT2D eigenvalue weighted by molar-refractivity contribution is -0.122. The van der Waals surface area contributed by atoms with Gasteiger partial charge in [-0.3, -0.25) is 4.79 Å². The van der Waals surface area contributed by atoms with Crippen molar-refractivity contribution in [1.82, 2.24) is 10.6 Å². The summed E-state index contributed by atoms with van der Waals surface area (Å²) in [6, 6.07) is 0.314. The fourth-order valence-corrected chi connectivity index (χ4v) is 2.34. The van der Waals surface area contributed by atoms with Crippen molar-refractivity contribution in [2.45, 2.75) is 59.0 Å². The minimum atomic E-state index is -0.0894. The first-order valence-corrected chi connectivity index (χ1v) is 7.88. The molecule has 2 atom stereocenters. The van der Waals surface area contributed by atoms with Crippen LogP contribution in [-0.2, 0) is 4.79 Å². The van der Waals surface area contributed by atoms with E-state index in [4.69, 9.17) is 0 Å². The Morgan fingerprint density at radius 2 is 2.00 bits per heavy atom. The largest absolute Gasteiger partial charge is 0.355 e. The quantitative estimate of drug-likeness (QED) is 0.593. The molecule has 0 aliphatic heterocycles. The molecular formula is C13H28N2OS. The third-order valence-corrected chi connectivity index (χ3v) is 3.59. The lowest BCUT2D eigenvalue weighted by Gasteiger charge is -2.19. The van der Waals surface area contributed by atoms with Gasteiger partial charge in [-0.1, -0.05) is 20.3 Å². The number of hydrogen-bond donors (Lipinski definition) is 2. The number of unbranched alkanes of at least 4 members (excludes halogenated alkanes) is 1. The van der Waals surface area contributed by atoms with Crippen LogP contribution in [-0.4, -0.2) is 36.0 Å². The first-order chi connectivity index (χ1) is 8.11. The molecule has 1 amide bonds. The van der Waals surface area contributed by atoms with Crippen LogP contribution < -0.4 is 10.6 Å². The van der Waals surface area contributed by atoms with Gasteiger partial charge in [0, 0.05) is 12.6 Å². The zero-order valence-corrected chi connectivity index (χ0v) is 12.5. The van der Waals surface area contributed by atoms with Crippen molar-refractivity contribution in [2.75, 3.05) is 18.1 Å². The summed E-state index contributed by atoms with van der Waals surface area (Å²) in [5.41, 5.74) is 0. The lowest BCUT2D eigenvalue weighted by Crippen LogP contribution is -2.46. The van der Waals surface area contributed by atoms with Gasteiger partial charge in [0.25, 0.3) is 0 Å². The maximum atomic E-state index is 11.7. The van der Waals surface area contributed by atoms with Crippen molar-refractivity contribution >= 4 is 17.7 Å². The molecule has 0 saturated carbocycles. The summed E-state index contributed by atoms with van der Waals surface area (Å²) in [5.74, 6) is 2.45. The predicted molar refractivity (Wildman–Crippen MR) is 77.6 cm³/mol. The van der Waals surface area contributed by atoms with Gasteiger partial charge in [-0.25, -0.2) is 0 Å². The summed E-state index contributed by atoms with van der Waals surface area (Å²) in [6.07, 6.45) is 3.29. The van der Waals surface area contributed by atoms with E-state index in [0.717, 1.165) is 31.6 Å². The van der Waals surface area contributed by atoms with Crippen molar-refractivity contribution in [3.05, 3.63) is 0 Å². The average molecular weight is 260 g/mol. The van der Waals surface area contributed by atoms with E-state index >= 15 is 0 Å². The van der Waals surface area contributed by atoms with Crippen LogP contribution in [0.15, 0.2) is 0 Å². The highest BCUT2D eigenvalue weighted by Crippen LogP contribution is 2.04. The van der Waals surface area contributed by atoms with Gasteiger partial charge >= 0.3 is 0 Å². The maximum Gasteiger partial charge on any atom is 0.236 e. The zero-order valence-electron chi connectivity index (χ0n) is 11.7. The van der Waals surface area contributed by atoms with Crippen molar-refractivity contribution in [3.63, 3.8) is 0 Å². The van der Waals surface area contributed by atoms with Gasteiger partial charge in [0.2, 0.25) is 5.91 Å². The Bertz CT molecular complexity index is 200. The normalized spacial score (nSPS) is 14.4. The molecule has 0 saturated heterocycles. The first kappa shape index (κ1) is 16.8. The third-order valence-electron chi connectivity index (χ3n) is 2.66. The lowest BCUT2D eigenvalue weighted by atomic mass is 10.2. The topological polar surface area (TPSA) is 41.1 Å². The second kappa shape index (κ2) is 10.9. The fraction of sp³-hybridized carbons (Fsp3) is 0.923. The Labute approximate surface area is 111 Å². The molecule has 0 radical (unpaired) electrons. The summed E-state index contributed by atoms with van der Waals surface area (Å²) < 4.78 is 0. The molecule has 0 rings (SSSR count). The smallest absolute Gasteiger partial charge is 0.236 e. The number of carbonyl (C=O) groups is 1. The Morgan fingerprint density at radius 3 is 2.59 bits per heavy atom. The second-order valence-corrected chi connectivity index (χ2v) is 5.81. The van der Waals surface area contributed by atoms with Gasteiger partial charge in [0.1, 0.15) is 0 Å². The van der Waals surface area contributed by atoms with Gasteiger partial charge in [-0.05, 0) is 38.2 Å². The number of amides is 1. The van der Waals surface area contributed by atoms with Crippen LogP contribution >= 0.6 is 11.8 Å². The zero-order chi connectivity index (χ0) is 13.1. The van der Waals surface area contributed by atoms with Crippen molar-refractivity contribution in [1.29, 1.82) is 0 Å². The monoisotopic (exact) mass is 260 g/mol. The van der Waals surface area contributed by atoms with E-state index in [2.05, 4.69) is 31.4 Å². The van der Waals surface area contributed by atoms with Crippen molar-refractivity contribution in [2.24, 2.45) is 0 Å². The maximum absolute atomic E-state index is 11.7. The molecule has 0 aromatic rings. The molecule has 0 aromatic heterocycles. The van der Waals surface area contributed by atoms with E-state index in [1.54, 1.807) is 0 Å². The summed E-state index contributed by atoms with van der Waals surface area (Å²) in [5, 5.41) is 6.29. The molecule has 2 unspecified atom stereocenters. The van der Waals surface area contributed by atoms with Gasteiger partial charge in [-0.15, -0.1) is 0 Å². The van der Waals surface area contributed by atoms with Gasteiger partial charge in [0.05, 0.1) is 6.04 Å². The van der Waals surface area contributed by atoms with E-state index in [1.165, 1.54) is 5.75 Å². The number of rotatable bonds is 10.